The van der Waals surface area contributed by atoms with Gasteiger partial charge in [0.15, 0.2) is 0 Å². The smallest absolute Gasteiger partial charge is 0.262 e. The monoisotopic (exact) mass is 359 g/mol. The van der Waals surface area contributed by atoms with Gasteiger partial charge >= 0.3 is 0 Å². The first-order valence-corrected chi connectivity index (χ1v) is 9.90. The lowest BCUT2D eigenvalue weighted by Gasteiger charge is -2.17. The van der Waals surface area contributed by atoms with Gasteiger partial charge in [0.2, 0.25) is 0 Å². The summed E-state index contributed by atoms with van der Waals surface area (Å²) in [6.07, 6.45) is 1.44. The maximum Gasteiger partial charge on any atom is 0.262 e. The second-order valence-electron chi connectivity index (χ2n) is 6.75. The average molecular weight is 359 g/mol. The highest BCUT2D eigenvalue weighted by molar-refractivity contribution is 7.92. The summed E-state index contributed by atoms with van der Waals surface area (Å²) >= 11 is 0. The minimum absolute atomic E-state index is 0.335. The molecule has 0 unspecified atom stereocenters. The van der Waals surface area contributed by atoms with Gasteiger partial charge < -0.3 is 9.47 Å². The Hall–Kier alpha value is -2.21. The van der Waals surface area contributed by atoms with Crippen molar-refractivity contribution in [1.82, 2.24) is 0 Å². The Bertz CT molecular complexity index is 924. The Kier molecular flexibility index (Phi) is 3.68. The normalized spacial score (nSPS) is 15.3. The zero-order valence-corrected chi connectivity index (χ0v) is 15.4. The predicted molar refractivity (Wildman–Crippen MR) is 96.3 cm³/mol. The van der Waals surface area contributed by atoms with Crippen LogP contribution >= 0.6 is 0 Å². The van der Waals surface area contributed by atoms with Crippen molar-refractivity contribution in [2.75, 3.05) is 17.9 Å². The topological polar surface area (TPSA) is 64.6 Å². The maximum absolute atomic E-state index is 13.1. The largest absolute Gasteiger partial charge is 0.493 e. The second kappa shape index (κ2) is 5.66. The molecule has 0 atom stereocenters. The molecule has 4 rings (SSSR count). The van der Waals surface area contributed by atoms with Crippen molar-refractivity contribution in [2.24, 2.45) is 0 Å². The lowest BCUT2D eigenvalue weighted by atomic mass is 10.0. The van der Waals surface area contributed by atoms with Crippen LogP contribution in [0, 0.1) is 20.8 Å². The molecule has 2 aromatic rings. The van der Waals surface area contributed by atoms with Gasteiger partial charge in [-0.1, -0.05) is 17.7 Å². The highest BCUT2D eigenvalue weighted by atomic mass is 32.2. The minimum atomic E-state index is -3.72. The molecule has 0 bridgehead atoms. The first kappa shape index (κ1) is 16.3. The quantitative estimate of drug-likeness (QED) is 0.913. The van der Waals surface area contributed by atoms with E-state index < -0.39 is 10.0 Å². The van der Waals surface area contributed by atoms with Crippen LogP contribution in [-0.2, 0) is 22.9 Å². The molecule has 25 heavy (non-hydrogen) atoms. The van der Waals surface area contributed by atoms with Crippen LogP contribution in [0.15, 0.2) is 23.1 Å². The van der Waals surface area contributed by atoms with Crippen molar-refractivity contribution in [3.8, 4) is 11.5 Å². The van der Waals surface area contributed by atoms with Crippen LogP contribution in [0.3, 0.4) is 0 Å². The summed E-state index contributed by atoms with van der Waals surface area (Å²) in [7, 11) is -3.72. The summed E-state index contributed by atoms with van der Waals surface area (Å²) in [5.74, 6) is 1.41. The number of nitrogens with one attached hydrogen (secondary N) is 1. The van der Waals surface area contributed by atoms with E-state index in [0.717, 1.165) is 40.0 Å². The Labute approximate surface area is 148 Å². The molecule has 0 saturated carbocycles. The van der Waals surface area contributed by atoms with Crippen molar-refractivity contribution < 1.29 is 17.9 Å². The van der Waals surface area contributed by atoms with E-state index in [9.17, 15) is 8.42 Å². The van der Waals surface area contributed by atoms with E-state index in [-0.39, 0.29) is 0 Å². The summed E-state index contributed by atoms with van der Waals surface area (Å²) in [6, 6.07) is 5.76. The van der Waals surface area contributed by atoms with E-state index in [1.54, 1.807) is 0 Å². The Morgan fingerprint density at radius 2 is 1.64 bits per heavy atom. The molecule has 0 saturated heterocycles. The number of anilines is 1. The number of aryl methyl sites for hydroxylation is 3. The van der Waals surface area contributed by atoms with Gasteiger partial charge in [0.25, 0.3) is 10.0 Å². The van der Waals surface area contributed by atoms with E-state index in [0.29, 0.717) is 36.0 Å². The molecular formula is C19H21NO4S. The second-order valence-corrected chi connectivity index (χ2v) is 8.37. The molecule has 132 valence electrons. The molecule has 5 nitrogen and oxygen atoms in total. The van der Waals surface area contributed by atoms with Gasteiger partial charge in [-0.05, 0) is 38.0 Å². The molecule has 0 amide bonds. The molecule has 6 heteroatoms. The fourth-order valence-corrected chi connectivity index (χ4v) is 5.42. The standard InChI is InChI=1S/C19H21NO4S/c1-11-8-12(2)19(13(3)9-11)25(21,22)20-17-15-5-7-23-16(15)10-14-4-6-24-18(14)17/h8-10,20H,4-7H2,1-3H3. The van der Waals surface area contributed by atoms with Crippen molar-refractivity contribution >= 4 is 15.7 Å². The van der Waals surface area contributed by atoms with Crippen molar-refractivity contribution in [3.63, 3.8) is 0 Å². The molecule has 2 aliphatic rings. The fourth-order valence-electron chi connectivity index (χ4n) is 3.87. The number of benzene rings is 2. The van der Waals surface area contributed by atoms with Crippen LogP contribution < -0.4 is 14.2 Å². The third kappa shape index (κ3) is 2.65. The first-order valence-electron chi connectivity index (χ1n) is 8.42. The van der Waals surface area contributed by atoms with Crippen LogP contribution in [0.1, 0.15) is 27.8 Å². The average Bonchev–Trinajstić information content (AvgIpc) is 3.13. The van der Waals surface area contributed by atoms with E-state index in [2.05, 4.69) is 4.72 Å². The van der Waals surface area contributed by atoms with Gasteiger partial charge in [-0.25, -0.2) is 8.42 Å². The highest BCUT2D eigenvalue weighted by Crippen LogP contribution is 2.45. The molecule has 2 aliphatic heterocycles. The van der Waals surface area contributed by atoms with Gasteiger partial charge in [0.1, 0.15) is 11.5 Å². The molecule has 2 heterocycles. The molecule has 0 aliphatic carbocycles. The third-order valence-electron chi connectivity index (χ3n) is 4.76. The van der Waals surface area contributed by atoms with Crippen molar-refractivity contribution in [1.29, 1.82) is 0 Å². The Morgan fingerprint density at radius 1 is 0.960 bits per heavy atom. The molecule has 1 N–H and O–H groups in total. The first-order chi connectivity index (χ1) is 11.9. The Balaban J connectivity index is 1.84. The maximum atomic E-state index is 13.1. The van der Waals surface area contributed by atoms with Gasteiger partial charge in [0, 0.05) is 24.0 Å². The molecule has 0 radical (unpaired) electrons. The lowest BCUT2D eigenvalue weighted by Crippen LogP contribution is -2.17. The molecule has 0 spiro atoms. The van der Waals surface area contributed by atoms with Crippen molar-refractivity contribution in [3.05, 3.63) is 46.0 Å². The number of hydrogen-bond acceptors (Lipinski definition) is 4. The van der Waals surface area contributed by atoms with Crippen LogP contribution in [-0.4, -0.2) is 21.6 Å². The molecule has 0 fully saturated rings. The minimum Gasteiger partial charge on any atom is -0.493 e. The van der Waals surface area contributed by atoms with E-state index >= 15 is 0 Å². The summed E-state index contributed by atoms with van der Waals surface area (Å²) in [6.45, 7) is 6.75. The Morgan fingerprint density at radius 3 is 2.36 bits per heavy atom. The van der Waals surface area contributed by atoms with E-state index in [4.69, 9.17) is 9.47 Å². The predicted octanol–water partition coefficient (Wildman–Crippen LogP) is 3.28. The van der Waals surface area contributed by atoms with E-state index in [1.165, 1.54) is 0 Å². The van der Waals surface area contributed by atoms with Crippen molar-refractivity contribution in [2.45, 2.75) is 38.5 Å². The van der Waals surface area contributed by atoms with Crippen LogP contribution in [0.2, 0.25) is 0 Å². The van der Waals surface area contributed by atoms with Gasteiger partial charge in [0.05, 0.1) is 23.8 Å². The summed E-state index contributed by atoms with van der Waals surface area (Å²) in [5, 5.41) is 0. The highest BCUT2D eigenvalue weighted by Gasteiger charge is 2.30. The fraction of sp³-hybridized carbons (Fsp3) is 0.368. The number of fused-ring (bicyclic) bond motifs is 2. The third-order valence-corrected chi connectivity index (χ3v) is 6.41. The van der Waals surface area contributed by atoms with Gasteiger partial charge in [-0.3, -0.25) is 4.72 Å². The molecule has 2 aromatic carbocycles. The van der Waals surface area contributed by atoms with Crippen LogP contribution in [0.25, 0.3) is 0 Å². The van der Waals surface area contributed by atoms with Gasteiger partial charge in [-0.15, -0.1) is 0 Å². The summed E-state index contributed by atoms with van der Waals surface area (Å²) < 4.78 is 40.5. The summed E-state index contributed by atoms with van der Waals surface area (Å²) in [5.41, 5.74) is 4.95. The molecule has 0 aromatic heterocycles. The SMILES string of the molecule is Cc1cc(C)c(S(=O)(=O)Nc2c3c(cc4c2OCC4)OCC3)c(C)c1. The molecular weight excluding hydrogens is 338 g/mol. The van der Waals surface area contributed by atoms with Gasteiger partial charge in [-0.2, -0.15) is 0 Å². The van der Waals surface area contributed by atoms with E-state index in [1.807, 2.05) is 39.0 Å². The number of ether oxygens (including phenoxy) is 2. The van der Waals surface area contributed by atoms with Crippen LogP contribution in [0.4, 0.5) is 5.69 Å². The zero-order chi connectivity index (χ0) is 17.8. The van der Waals surface area contributed by atoms with Crippen LogP contribution in [0.5, 0.6) is 11.5 Å². The number of sulfonamides is 1. The zero-order valence-electron chi connectivity index (χ0n) is 14.6. The number of rotatable bonds is 3. The number of hydrogen-bond donors (Lipinski definition) is 1. The summed E-state index contributed by atoms with van der Waals surface area (Å²) in [4.78, 5) is 0.335. The lowest BCUT2D eigenvalue weighted by molar-refractivity contribution is 0.356.